The van der Waals surface area contributed by atoms with Crippen LogP contribution in [0.5, 0.6) is 0 Å². The van der Waals surface area contributed by atoms with E-state index in [2.05, 4.69) is 4.98 Å². The van der Waals surface area contributed by atoms with Gasteiger partial charge in [-0.2, -0.15) is 5.10 Å². The van der Waals surface area contributed by atoms with Gasteiger partial charge in [0, 0.05) is 30.3 Å². The monoisotopic (exact) mass is 472 g/mol. The molecule has 0 bridgehead atoms. The van der Waals surface area contributed by atoms with E-state index in [1.807, 2.05) is 36.4 Å². The van der Waals surface area contributed by atoms with Crippen LogP contribution < -0.4 is 0 Å². The standard InChI is InChI=1S/C27H25FN4O3/c1-2-35-27(34)20-9-6-14-31(17-20)26(33)23-15-24(19-10-12-21(28)13-11-19)32-25(29-23)16-22(30-32)18-7-4-3-5-8-18/h3-5,7-8,10-13,15-16,20H,2,6,9,14,17H2,1H3/t20-/m1/s1. The minimum absolute atomic E-state index is 0.251. The molecule has 0 N–H and O–H groups in total. The van der Waals surface area contributed by atoms with Crippen LogP contribution in [0.25, 0.3) is 28.2 Å². The molecule has 178 valence electrons. The third kappa shape index (κ3) is 4.64. The topological polar surface area (TPSA) is 76.8 Å². The lowest BCUT2D eigenvalue weighted by Crippen LogP contribution is -2.43. The predicted octanol–water partition coefficient (Wildman–Crippen LogP) is 4.62. The first-order valence-corrected chi connectivity index (χ1v) is 11.7. The fourth-order valence-electron chi connectivity index (χ4n) is 4.44. The molecule has 1 saturated heterocycles. The van der Waals surface area contributed by atoms with Gasteiger partial charge in [-0.15, -0.1) is 0 Å². The Bertz CT molecular complexity index is 1370. The highest BCUT2D eigenvalue weighted by Gasteiger charge is 2.31. The van der Waals surface area contributed by atoms with Gasteiger partial charge in [0.15, 0.2) is 5.65 Å². The molecule has 1 fully saturated rings. The van der Waals surface area contributed by atoms with Crippen molar-refractivity contribution in [3.05, 3.63) is 78.2 Å². The number of carbonyl (C=O) groups is 2. The van der Waals surface area contributed by atoms with Gasteiger partial charge in [0.1, 0.15) is 11.5 Å². The molecular formula is C27H25FN4O3. The molecule has 1 amide bonds. The van der Waals surface area contributed by atoms with Crippen molar-refractivity contribution in [2.45, 2.75) is 19.8 Å². The van der Waals surface area contributed by atoms with Crippen LogP contribution in [0.3, 0.4) is 0 Å². The van der Waals surface area contributed by atoms with Crippen molar-refractivity contribution in [1.82, 2.24) is 19.5 Å². The second kappa shape index (κ2) is 9.66. The number of piperidine rings is 1. The summed E-state index contributed by atoms with van der Waals surface area (Å²) in [6, 6.07) is 19.3. The predicted molar refractivity (Wildman–Crippen MR) is 129 cm³/mol. The third-order valence-electron chi connectivity index (χ3n) is 6.18. The maximum Gasteiger partial charge on any atom is 0.310 e. The minimum Gasteiger partial charge on any atom is -0.466 e. The molecule has 4 aromatic rings. The van der Waals surface area contributed by atoms with E-state index in [1.165, 1.54) is 12.1 Å². The van der Waals surface area contributed by atoms with E-state index >= 15 is 0 Å². The molecule has 0 radical (unpaired) electrons. The zero-order valence-electron chi connectivity index (χ0n) is 19.4. The van der Waals surface area contributed by atoms with Gasteiger partial charge < -0.3 is 9.64 Å². The maximum atomic E-state index is 13.6. The number of likely N-dealkylation sites (tertiary alicyclic amines) is 1. The number of halogens is 1. The van der Waals surface area contributed by atoms with Crippen LogP contribution in [0.1, 0.15) is 30.3 Å². The summed E-state index contributed by atoms with van der Waals surface area (Å²) in [6.45, 7) is 2.93. The van der Waals surface area contributed by atoms with E-state index < -0.39 is 0 Å². The Labute approximate surface area is 202 Å². The molecule has 2 aromatic carbocycles. The van der Waals surface area contributed by atoms with E-state index in [0.29, 0.717) is 55.1 Å². The fraction of sp³-hybridized carbons (Fsp3) is 0.259. The van der Waals surface area contributed by atoms with Crippen molar-refractivity contribution in [2.75, 3.05) is 19.7 Å². The lowest BCUT2D eigenvalue weighted by Gasteiger charge is -2.31. The van der Waals surface area contributed by atoms with Gasteiger partial charge in [0.05, 0.1) is 23.9 Å². The summed E-state index contributed by atoms with van der Waals surface area (Å²) < 4.78 is 20.5. The summed E-state index contributed by atoms with van der Waals surface area (Å²) >= 11 is 0. The van der Waals surface area contributed by atoms with E-state index in [9.17, 15) is 14.0 Å². The van der Waals surface area contributed by atoms with Crippen molar-refractivity contribution in [3.8, 4) is 22.5 Å². The van der Waals surface area contributed by atoms with Gasteiger partial charge in [-0.1, -0.05) is 30.3 Å². The molecule has 8 heteroatoms. The smallest absolute Gasteiger partial charge is 0.310 e. The fourth-order valence-corrected chi connectivity index (χ4v) is 4.44. The number of fused-ring (bicyclic) bond motifs is 1. The average molecular weight is 473 g/mol. The average Bonchev–Trinajstić information content (AvgIpc) is 3.33. The Morgan fingerprint density at radius 2 is 1.83 bits per heavy atom. The highest BCUT2D eigenvalue weighted by molar-refractivity contribution is 5.94. The summed E-state index contributed by atoms with van der Waals surface area (Å²) in [6.07, 6.45) is 1.41. The van der Waals surface area contributed by atoms with Crippen LogP contribution in [-0.2, 0) is 9.53 Å². The zero-order valence-corrected chi connectivity index (χ0v) is 19.4. The second-order valence-corrected chi connectivity index (χ2v) is 8.54. The van der Waals surface area contributed by atoms with Crippen LogP contribution in [-0.4, -0.2) is 51.1 Å². The lowest BCUT2D eigenvalue weighted by molar-refractivity contribution is -0.149. The van der Waals surface area contributed by atoms with Gasteiger partial charge in [0.2, 0.25) is 0 Å². The van der Waals surface area contributed by atoms with E-state index in [0.717, 1.165) is 5.56 Å². The van der Waals surface area contributed by atoms with Crippen LogP contribution in [0.15, 0.2) is 66.7 Å². The summed E-state index contributed by atoms with van der Waals surface area (Å²) in [4.78, 5) is 32.1. The van der Waals surface area contributed by atoms with E-state index in [-0.39, 0.29) is 29.3 Å². The number of amides is 1. The molecule has 7 nitrogen and oxygen atoms in total. The van der Waals surface area contributed by atoms with Crippen molar-refractivity contribution in [2.24, 2.45) is 5.92 Å². The number of esters is 1. The zero-order chi connectivity index (χ0) is 24.4. The Kier molecular flexibility index (Phi) is 6.27. The number of carbonyl (C=O) groups excluding carboxylic acids is 2. The molecule has 0 unspecified atom stereocenters. The highest BCUT2D eigenvalue weighted by atomic mass is 19.1. The van der Waals surface area contributed by atoms with Gasteiger partial charge >= 0.3 is 5.97 Å². The van der Waals surface area contributed by atoms with Crippen LogP contribution in [0, 0.1) is 11.7 Å². The molecule has 1 atom stereocenters. The van der Waals surface area contributed by atoms with Crippen LogP contribution in [0.4, 0.5) is 4.39 Å². The molecule has 1 aliphatic heterocycles. The Hall–Kier alpha value is -4.07. The summed E-state index contributed by atoms with van der Waals surface area (Å²) in [7, 11) is 0. The summed E-state index contributed by atoms with van der Waals surface area (Å²) in [5, 5.41) is 4.72. The lowest BCUT2D eigenvalue weighted by atomic mass is 9.98. The molecule has 0 saturated carbocycles. The molecular weight excluding hydrogens is 447 g/mol. The van der Waals surface area contributed by atoms with Crippen molar-refractivity contribution >= 4 is 17.5 Å². The van der Waals surface area contributed by atoms with Gasteiger partial charge in [-0.3, -0.25) is 9.59 Å². The Morgan fingerprint density at radius 1 is 1.06 bits per heavy atom. The number of nitrogens with zero attached hydrogens (tertiary/aromatic N) is 4. The molecule has 1 aliphatic rings. The number of aromatic nitrogens is 3. The number of benzene rings is 2. The van der Waals surface area contributed by atoms with Gasteiger partial charge in [-0.25, -0.2) is 13.9 Å². The molecule has 2 aromatic heterocycles. The van der Waals surface area contributed by atoms with Crippen molar-refractivity contribution in [3.63, 3.8) is 0 Å². The number of hydrogen-bond acceptors (Lipinski definition) is 5. The molecule has 0 aliphatic carbocycles. The largest absolute Gasteiger partial charge is 0.466 e. The number of rotatable bonds is 5. The van der Waals surface area contributed by atoms with Gasteiger partial charge in [-0.05, 0) is 50.1 Å². The molecule has 0 spiro atoms. The van der Waals surface area contributed by atoms with Gasteiger partial charge in [0.25, 0.3) is 5.91 Å². The van der Waals surface area contributed by atoms with Crippen LogP contribution >= 0.6 is 0 Å². The first-order chi connectivity index (χ1) is 17.0. The number of ether oxygens (including phenoxy) is 1. The SMILES string of the molecule is CCOC(=O)[C@@H]1CCCN(C(=O)c2cc(-c3ccc(F)cc3)n3nc(-c4ccccc4)cc3n2)C1. The minimum atomic E-state index is -0.348. The highest BCUT2D eigenvalue weighted by Crippen LogP contribution is 2.27. The molecule has 35 heavy (non-hydrogen) atoms. The van der Waals surface area contributed by atoms with Crippen LogP contribution in [0.2, 0.25) is 0 Å². The second-order valence-electron chi connectivity index (χ2n) is 8.54. The first kappa shape index (κ1) is 22.7. The maximum absolute atomic E-state index is 13.6. The summed E-state index contributed by atoms with van der Waals surface area (Å²) in [5.41, 5.74) is 3.72. The molecule has 5 rings (SSSR count). The normalized spacial score (nSPS) is 15.8. The quantitative estimate of drug-likeness (QED) is 0.396. The van der Waals surface area contributed by atoms with Crippen molar-refractivity contribution in [1.29, 1.82) is 0 Å². The number of hydrogen-bond donors (Lipinski definition) is 0. The first-order valence-electron chi connectivity index (χ1n) is 11.7. The van der Waals surface area contributed by atoms with E-state index in [1.54, 1.807) is 34.5 Å². The third-order valence-corrected chi connectivity index (χ3v) is 6.18. The van der Waals surface area contributed by atoms with E-state index in [4.69, 9.17) is 9.84 Å². The molecule has 3 heterocycles. The van der Waals surface area contributed by atoms with Crippen molar-refractivity contribution < 1.29 is 18.7 Å². The summed E-state index contributed by atoms with van der Waals surface area (Å²) in [5.74, 6) is -1.22. The Balaban J connectivity index is 1.56. The Morgan fingerprint density at radius 3 is 2.57 bits per heavy atom.